The molecule has 3 heterocycles. The Morgan fingerprint density at radius 3 is 2.49 bits per heavy atom. The molecule has 0 amide bonds. The van der Waals surface area contributed by atoms with E-state index < -0.39 is 0 Å². The van der Waals surface area contributed by atoms with Crippen molar-refractivity contribution in [3.05, 3.63) is 107 Å². The molecule has 0 fully saturated rings. The summed E-state index contributed by atoms with van der Waals surface area (Å²) in [5, 5.41) is 5.01. The van der Waals surface area contributed by atoms with Crippen molar-refractivity contribution in [2.24, 2.45) is 0 Å². The zero-order chi connectivity index (χ0) is 23.9. The van der Waals surface area contributed by atoms with Crippen LogP contribution >= 0.6 is 15.9 Å². The highest BCUT2D eigenvalue weighted by atomic mass is 79.9. The van der Waals surface area contributed by atoms with E-state index in [4.69, 9.17) is 14.8 Å². The first-order valence-corrected chi connectivity index (χ1v) is 12.3. The number of ether oxygens (including phenoxy) is 1. The molecule has 0 spiro atoms. The van der Waals surface area contributed by atoms with E-state index in [0.29, 0.717) is 0 Å². The third-order valence-corrected chi connectivity index (χ3v) is 6.71. The minimum absolute atomic E-state index is 0.0784. The second-order valence-corrected chi connectivity index (χ2v) is 9.57. The first-order chi connectivity index (χ1) is 17.1. The molecule has 7 heteroatoms. The summed E-state index contributed by atoms with van der Waals surface area (Å²) in [6, 6.07) is 30.7. The lowest BCUT2D eigenvalue weighted by Crippen LogP contribution is -2.44. The number of hydrogen-bond acceptors (Lipinski definition) is 4. The average molecular weight is 521 g/mol. The molecule has 0 saturated heterocycles. The van der Waals surface area contributed by atoms with E-state index in [-0.39, 0.29) is 6.98 Å². The summed E-state index contributed by atoms with van der Waals surface area (Å²) >= 11 is 3.52. The quantitative estimate of drug-likeness (QED) is 0.229. The lowest BCUT2D eigenvalue weighted by molar-refractivity contribution is 0.482. The summed E-state index contributed by atoms with van der Waals surface area (Å²) in [4.78, 5) is 6.94. The fourth-order valence-corrected chi connectivity index (χ4v) is 4.94. The molecule has 0 saturated carbocycles. The average Bonchev–Trinajstić information content (AvgIpc) is 3.31. The topological polar surface area (TPSA) is 43.2 Å². The maximum Gasteiger partial charge on any atom is 0.401 e. The standard InChI is InChI=1S/C28H22BBrN4O/c1-19-13-14-31-28(15-19)33-26-17-23(35-22-10-6-9-21(30)16-22)11-12-24(26)27-18-25(32-34(27)29(33)2)20-7-4-3-5-8-20/h3-18H,1-2H3. The highest BCUT2D eigenvalue weighted by molar-refractivity contribution is 9.10. The Kier molecular flexibility index (Phi) is 5.42. The molecule has 0 radical (unpaired) electrons. The van der Waals surface area contributed by atoms with E-state index in [1.54, 1.807) is 0 Å². The molecule has 170 valence electrons. The number of pyridine rings is 1. The summed E-state index contributed by atoms with van der Waals surface area (Å²) in [6.45, 7) is 4.16. The number of halogens is 1. The Labute approximate surface area is 213 Å². The molecule has 5 aromatic rings. The van der Waals surface area contributed by atoms with Crippen LogP contribution in [0.5, 0.6) is 11.5 Å². The van der Waals surface area contributed by atoms with Gasteiger partial charge in [-0.2, -0.15) is 5.10 Å². The summed E-state index contributed by atoms with van der Waals surface area (Å²) < 4.78 is 9.29. The number of rotatable bonds is 4. The Morgan fingerprint density at radius 2 is 1.69 bits per heavy atom. The van der Waals surface area contributed by atoms with Crippen LogP contribution in [0.4, 0.5) is 11.5 Å². The number of anilines is 2. The molecule has 6 rings (SSSR count). The van der Waals surface area contributed by atoms with Crippen molar-refractivity contribution in [3.8, 4) is 34.0 Å². The summed E-state index contributed by atoms with van der Waals surface area (Å²) in [5.41, 5.74) is 6.40. The first-order valence-electron chi connectivity index (χ1n) is 11.5. The maximum atomic E-state index is 6.23. The van der Waals surface area contributed by atoms with Crippen LogP contribution in [0.3, 0.4) is 0 Å². The van der Waals surface area contributed by atoms with E-state index in [0.717, 1.165) is 55.6 Å². The van der Waals surface area contributed by atoms with Crippen LogP contribution in [0.15, 0.2) is 102 Å². The third kappa shape index (κ3) is 4.02. The normalized spacial score (nSPS) is 12.3. The van der Waals surface area contributed by atoms with Crippen molar-refractivity contribution >= 4 is 34.4 Å². The Bertz CT molecular complexity index is 1540. The number of aryl methyl sites for hydroxylation is 1. The van der Waals surface area contributed by atoms with E-state index in [1.165, 1.54) is 0 Å². The molecular formula is C28H22BBrN4O. The van der Waals surface area contributed by atoms with Gasteiger partial charge in [0, 0.05) is 33.6 Å². The van der Waals surface area contributed by atoms with E-state index in [2.05, 4.69) is 75.5 Å². The number of fused-ring (bicyclic) bond motifs is 3. The number of benzene rings is 3. The largest absolute Gasteiger partial charge is 0.457 e. The SMILES string of the molecule is CB1N(c2cc(C)ccn2)c2cc(Oc3cccc(Br)c3)ccc2-c2cc(-c3ccccc3)nn21. The fourth-order valence-electron chi connectivity index (χ4n) is 4.57. The van der Waals surface area contributed by atoms with Crippen molar-refractivity contribution in [1.29, 1.82) is 0 Å². The molecule has 0 N–H and O–H groups in total. The minimum atomic E-state index is -0.0784. The highest BCUT2D eigenvalue weighted by Crippen LogP contribution is 2.43. The first kappa shape index (κ1) is 21.7. The van der Waals surface area contributed by atoms with E-state index in [9.17, 15) is 0 Å². The summed E-state index contributed by atoms with van der Waals surface area (Å²) in [6.07, 6.45) is 1.85. The van der Waals surface area contributed by atoms with Crippen LogP contribution in [-0.4, -0.2) is 21.7 Å². The van der Waals surface area contributed by atoms with Crippen molar-refractivity contribution in [3.63, 3.8) is 0 Å². The van der Waals surface area contributed by atoms with Crippen molar-refractivity contribution in [2.75, 3.05) is 4.81 Å². The van der Waals surface area contributed by atoms with Gasteiger partial charge >= 0.3 is 6.98 Å². The van der Waals surface area contributed by atoms with Gasteiger partial charge in [-0.05, 0) is 67.8 Å². The molecule has 35 heavy (non-hydrogen) atoms. The van der Waals surface area contributed by atoms with Crippen molar-refractivity contribution in [2.45, 2.75) is 13.7 Å². The molecule has 1 aliphatic rings. The van der Waals surface area contributed by atoms with Gasteiger partial charge in [-0.1, -0.05) is 52.3 Å². The number of nitrogens with zero attached hydrogens (tertiary/aromatic N) is 4. The van der Waals surface area contributed by atoms with Gasteiger partial charge in [0.15, 0.2) is 0 Å². The molecule has 0 atom stereocenters. The Morgan fingerprint density at radius 1 is 0.857 bits per heavy atom. The minimum Gasteiger partial charge on any atom is -0.457 e. The van der Waals surface area contributed by atoms with Crippen LogP contribution in [0.2, 0.25) is 6.82 Å². The number of aromatic nitrogens is 3. The Hall–Kier alpha value is -3.84. The second-order valence-electron chi connectivity index (χ2n) is 8.66. The lowest BCUT2D eigenvalue weighted by atomic mass is 9.73. The van der Waals surface area contributed by atoms with Gasteiger partial charge in [-0.25, -0.2) is 4.98 Å². The summed E-state index contributed by atoms with van der Waals surface area (Å²) in [5.74, 6) is 2.42. The monoisotopic (exact) mass is 520 g/mol. The smallest absolute Gasteiger partial charge is 0.401 e. The van der Waals surface area contributed by atoms with Crippen LogP contribution in [0.1, 0.15) is 5.56 Å². The van der Waals surface area contributed by atoms with E-state index in [1.807, 2.05) is 60.8 Å². The van der Waals surface area contributed by atoms with Gasteiger partial charge < -0.3 is 9.55 Å². The highest BCUT2D eigenvalue weighted by Gasteiger charge is 2.35. The zero-order valence-electron chi connectivity index (χ0n) is 19.4. The van der Waals surface area contributed by atoms with Crippen LogP contribution < -0.4 is 9.55 Å². The van der Waals surface area contributed by atoms with Gasteiger partial charge in [0.05, 0.1) is 11.4 Å². The molecule has 2 aromatic heterocycles. The Balaban J connectivity index is 1.50. The van der Waals surface area contributed by atoms with Gasteiger partial charge in [0.1, 0.15) is 17.3 Å². The molecule has 1 aliphatic heterocycles. The van der Waals surface area contributed by atoms with Gasteiger partial charge in [0.2, 0.25) is 0 Å². The van der Waals surface area contributed by atoms with Crippen molar-refractivity contribution in [1.82, 2.24) is 14.7 Å². The molecule has 0 bridgehead atoms. The van der Waals surface area contributed by atoms with E-state index >= 15 is 0 Å². The predicted octanol–water partition coefficient (Wildman–Crippen LogP) is 7.59. The van der Waals surface area contributed by atoms with Crippen molar-refractivity contribution < 1.29 is 4.74 Å². The number of hydrogen-bond donors (Lipinski definition) is 0. The van der Waals surface area contributed by atoms with Crippen LogP contribution in [0.25, 0.3) is 22.5 Å². The molecule has 5 nitrogen and oxygen atoms in total. The maximum absolute atomic E-state index is 6.23. The fraction of sp³-hybridized carbons (Fsp3) is 0.0714. The summed E-state index contributed by atoms with van der Waals surface area (Å²) in [7, 11) is 0. The molecule has 0 unspecified atom stereocenters. The van der Waals surface area contributed by atoms with Crippen LogP contribution in [-0.2, 0) is 0 Å². The predicted molar refractivity (Wildman–Crippen MR) is 145 cm³/mol. The zero-order valence-corrected chi connectivity index (χ0v) is 21.0. The second kappa shape index (κ2) is 8.75. The van der Waals surface area contributed by atoms with Gasteiger partial charge in [-0.3, -0.25) is 4.59 Å². The van der Waals surface area contributed by atoms with Gasteiger partial charge in [-0.15, -0.1) is 0 Å². The third-order valence-electron chi connectivity index (χ3n) is 6.22. The molecule has 0 aliphatic carbocycles. The lowest BCUT2D eigenvalue weighted by Gasteiger charge is -2.35. The van der Waals surface area contributed by atoms with Gasteiger partial charge in [0.25, 0.3) is 0 Å². The molecular weight excluding hydrogens is 499 g/mol. The molecule has 3 aromatic carbocycles. The van der Waals surface area contributed by atoms with Crippen LogP contribution in [0, 0.1) is 6.92 Å².